The van der Waals surface area contributed by atoms with Gasteiger partial charge in [-0.2, -0.15) is 0 Å². The number of amides is 1. The average Bonchev–Trinajstić information content (AvgIpc) is 2.38. The molecule has 1 saturated heterocycles. The highest BCUT2D eigenvalue weighted by molar-refractivity contribution is 5.92. The minimum absolute atomic E-state index is 0.0629. The van der Waals surface area contributed by atoms with Gasteiger partial charge in [-0.1, -0.05) is 12.5 Å². The van der Waals surface area contributed by atoms with Gasteiger partial charge in [-0.3, -0.25) is 4.79 Å². The van der Waals surface area contributed by atoms with Crippen molar-refractivity contribution in [3.05, 3.63) is 11.6 Å². The molecule has 1 atom stereocenters. The Labute approximate surface area is 109 Å². The van der Waals surface area contributed by atoms with E-state index in [-0.39, 0.29) is 11.9 Å². The summed E-state index contributed by atoms with van der Waals surface area (Å²) in [5, 5.41) is 0. The van der Waals surface area contributed by atoms with Crippen LogP contribution in [0.25, 0.3) is 0 Å². The van der Waals surface area contributed by atoms with Crippen LogP contribution in [0, 0.1) is 0 Å². The van der Waals surface area contributed by atoms with Gasteiger partial charge in [0.05, 0.1) is 6.61 Å². The number of rotatable bonds is 4. The number of esters is 1. The molecule has 0 aromatic heterocycles. The molecular formula is C14H23NO3. The molecule has 102 valence electrons. The molecule has 0 saturated carbocycles. The van der Waals surface area contributed by atoms with E-state index in [1.54, 1.807) is 17.9 Å². The lowest BCUT2D eigenvalue weighted by Gasteiger charge is -2.33. The molecule has 0 bridgehead atoms. The maximum Gasteiger partial charge on any atom is 0.328 e. The molecule has 0 aromatic carbocycles. The summed E-state index contributed by atoms with van der Waals surface area (Å²) in [7, 11) is 0. The van der Waals surface area contributed by atoms with E-state index >= 15 is 0 Å². The summed E-state index contributed by atoms with van der Waals surface area (Å²) in [4.78, 5) is 25.6. The van der Waals surface area contributed by atoms with E-state index in [1.807, 2.05) is 13.8 Å². The smallest absolute Gasteiger partial charge is 0.328 e. The van der Waals surface area contributed by atoms with E-state index in [9.17, 15) is 9.59 Å². The second-order valence-electron chi connectivity index (χ2n) is 4.64. The van der Waals surface area contributed by atoms with Crippen LogP contribution in [-0.2, 0) is 14.3 Å². The molecule has 1 aliphatic heterocycles. The van der Waals surface area contributed by atoms with Gasteiger partial charge in [0.1, 0.15) is 6.04 Å². The van der Waals surface area contributed by atoms with Crippen molar-refractivity contribution in [3.8, 4) is 0 Å². The van der Waals surface area contributed by atoms with Crippen LogP contribution in [-0.4, -0.2) is 36.0 Å². The summed E-state index contributed by atoms with van der Waals surface area (Å²) in [6.07, 6.45) is 5.13. The Morgan fingerprint density at radius 1 is 1.33 bits per heavy atom. The highest BCUT2D eigenvalue weighted by Crippen LogP contribution is 2.19. The summed E-state index contributed by atoms with van der Waals surface area (Å²) < 4.78 is 5.04. The Morgan fingerprint density at radius 2 is 2.06 bits per heavy atom. The summed E-state index contributed by atoms with van der Waals surface area (Å²) in [5.41, 5.74) is 1.04. The molecule has 1 rings (SSSR count). The van der Waals surface area contributed by atoms with Gasteiger partial charge in [0, 0.05) is 12.6 Å². The first-order valence-corrected chi connectivity index (χ1v) is 6.74. The highest BCUT2D eigenvalue weighted by atomic mass is 16.5. The fraction of sp³-hybridized carbons (Fsp3) is 0.714. The van der Waals surface area contributed by atoms with Crippen LogP contribution < -0.4 is 0 Å². The third-order valence-electron chi connectivity index (χ3n) is 3.27. The first-order chi connectivity index (χ1) is 8.60. The second kappa shape index (κ2) is 7.19. The second-order valence-corrected chi connectivity index (χ2v) is 4.64. The number of carbonyl (C=O) groups excluding carboxylic acids is 2. The first kappa shape index (κ1) is 14.7. The van der Waals surface area contributed by atoms with Crippen LogP contribution in [0.3, 0.4) is 0 Å². The Morgan fingerprint density at radius 3 is 2.67 bits per heavy atom. The van der Waals surface area contributed by atoms with Crippen LogP contribution in [0.4, 0.5) is 0 Å². The van der Waals surface area contributed by atoms with Crippen molar-refractivity contribution >= 4 is 11.9 Å². The summed E-state index contributed by atoms with van der Waals surface area (Å²) in [6, 6.07) is -0.396. The standard InChI is InChI=1S/C14H23NO3/c1-4-11(3)10-13(16)15-9-7-6-8-12(15)14(17)18-5-2/h10,12H,4-9H2,1-3H3/b11-10+. The molecule has 0 radical (unpaired) electrons. The lowest BCUT2D eigenvalue weighted by atomic mass is 10.0. The van der Waals surface area contributed by atoms with E-state index in [1.165, 1.54) is 0 Å². The molecule has 1 aliphatic rings. The molecule has 18 heavy (non-hydrogen) atoms. The van der Waals surface area contributed by atoms with Gasteiger partial charge in [0.15, 0.2) is 0 Å². The zero-order valence-corrected chi connectivity index (χ0v) is 11.6. The van der Waals surface area contributed by atoms with Gasteiger partial charge < -0.3 is 9.64 Å². The van der Waals surface area contributed by atoms with Gasteiger partial charge in [-0.05, 0) is 39.5 Å². The van der Waals surface area contributed by atoms with E-state index in [2.05, 4.69) is 0 Å². The number of allylic oxidation sites excluding steroid dienone is 1. The lowest BCUT2D eigenvalue weighted by Crippen LogP contribution is -2.48. The minimum atomic E-state index is -0.396. The van der Waals surface area contributed by atoms with Gasteiger partial charge >= 0.3 is 5.97 Å². The molecule has 0 N–H and O–H groups in total. The summed E-state index contributed by atoms with van der Waals surface area (Å²) in [5.74, 6) is -0.333. The number of nitrogens with zero attached hydrogens (tertiary/aromatic N) is 1. The number of ether oxygens (including phenoxy) is 1. The molecule has 1 heterocycles. The third kappa shape index (κ3) is 3.86. The molecule has 1 unspecified atom stereocenters. The normalized spacial score (nSPS) is 20.7. The fourth-order valence-electron chi connectivity index (χ4n) is 2.07. The van der Waals surface area contributed by atoms with Crippen LogP contribution >= 0.6 is 0 Å². The topological polar surface area (TPSA) is 46.6 Å². The van der Waals surface area contributed by atoms with E-state index in [0.29, 0.717) is 19.6 Å². The van der Waals surface area contributed by atoms with Crippen LogP contribution in [0.15, 0.2) is 11.6 Å². The van der Waals surface area contributed by atoms with E-state index in [0.717, 1.165) is 24.8 Å². The Bertz CT molecular complexity index is 336. The number of likely N-dealkylation sites (tertiary alicyclic amines) is 1. The predicted octanol–water partition coefficient (Wildman–Crippen LogP) is 2.29. The Hall–Kier alpha value is -1.32. The molecule has 0 spiro atoms. The first-order valence-electron chi connectivity index (χ1n) is 6.74. The van der Waals surface area contributed by atoms with Crippen molar-refractivity contribution in [3.63, 3.8) is 0 Å². The van der Waals surface area contributed by atoms with E-state index in [4.69, 9.17) is 4.74 Å². The Kier molecular flexibility index (Phi) is 5.89. The van der Waals surface area contributed by atoms with Crippen molar-refractivity contribution in [2.24, 2.45) is 0 Å². The lowest BCUT2D eigenvalue weighted by molar-refractivity contribution is -0.155. The minimum Gasteiger partial charge on any atom is -0.464 e. The monoisotopic (exact) mass is 253 g/mol. The van der Waals surface area contributed by atoms with Crippen molar-refractivity contribution < 1.29 is 14.3 Å². The summed E-state index contributed by atoms with van der Waals surface area (Å²) in [6.45, 7) is 6.74. The maximum atomic E-state index is 12.1. The molecular weight excluding hydrogens is 230 g/mol. The van der Waals surface area contributed by atoms with Crippen molar-refractivity contribution in [2.45, 2.75) is 52.5 Å². The Balaban J connectivity index is 2.76. The number of carbonyl (C=O) groups is 2. The molecule has 0 aromatic rings. The zero-order valence-electron chi connectivity index (χ0n) is 11.6. The summed E-state index contributed by atoms with van der Waals surface area (Å²) >= 11 is 0. The van der Waals surface area contributed by atoms with Gasteiger partial charge in [0.25, 0.3) is 0 Å². The molecule has 1 amide bonds. The predicted molar refractivity (Wildman–Crippen MR) is 70.0 cm³/mol. The quantitative estimate of drug-likeness (QED) is 0.570. The van der Waals surface area contributed by atoms with Crippen molar-refractivity contribution in [1.82, 2.24) is 4.90 Å². The van der Waals surface area contributed by atoms with Gasteiger partial charge in [-0.25, -0.2) is 4.79 Å². The van der Waals surface area contributed by atoms with Crippen LogP contribution in [0.2, 0.25) is 0 Å². The fourth-order valence-corrected chi connectivity index (χ4v) is 2.07. The number of hydrogen-bond donors (Lipinski definition) is 0. The molecule has 1 fully saturated rings. The largest absolute Gasteiger partial charge is 0.464 e. The molecule has 0 aliphatic carbocycles. The van der Waals surface area contributed by atoms with Gasteiger partial charge in [0.2, 0.25) is 5.91 Å². The third-order valence-corrected chi connectivity index (χ3v) is 3.27. The number of piperidine rings is 1. The van der Waals surface area contributed by atoms with Crippen LogP contribution in [0.5, 0.6) is 0 Å². The highest BCUT2D eigenvalue weighted by Gasteiger charge is 2.32. The zero-order chi connectivity index (χ0) is 13.5. The SMILES string of the molecule is CCOC(=O)C1CCCCN1C(=O)/C=C(\C)CC. The maximum absolute atomic E-state index is 12.1. The molecule has 4 nitrogen and oxygen atoms in total. The average molecular weight is 253 g/mol. The van der Waals surface area contributed by atoms with Gasteiger partial charge in [-0.15, -0.1) is 0 Å². The van der Waals surface area contributed by atoms with Crippen molar-refractivity contribution in [2.75, 3.05) is 13.2 Å². The van der Waals surface area contributed by atoms with Crippen LogP contribution in [0.1, 0.15) is 46.5 Å². The van der Waals surface area contributed by atoms with E-state index < -0.39 is 6.04 Å². The molecule has 4 heteroatoms. The number of hydrogen-bond acceptors (Lipinski definition) is 3. The van der Waals surface area contributed by atoms with Crippen molar-refractivity contribution in [1.29, 1.82) is 0 Å².